The van der Waals surface area contributed by atoms with E-state index in [4.69, 9.17) is 6.42 Å². The van der Waals surface area contributed by atoms with Crippen LogP contribution in [0.15, 0.2) is 18.3 Å². The summed E-state index contributed by atoms with van der Waals surface area (Å²) in [5, 5.41) is 27.0. The Hall–Kier alpha value is -2.65. The number of aromatic hydroxyl groups is 2. The summed E-state index contributed by atoms with van der Waals surface area (Å²) in [5.41, 5.74) is 3.05. The van der Waals surface area contributed by atoms with Gasteiger partial charge in [0.1, 0.15) is 11.5 Å². The number of nitrogens with one attached hydrogen (secondary N) is 1. The molecule has 0 spiro atoms. The molecule has 0 atom stereocenters. The lowest BCUT2D eigenvalue weighted by Gasteiger charge is -2.35. The van der Waals surface area contributed by atoms with Crippen LogP contribution in [-0.4, -0.2) is 58.0 Å². The molecule has 0 unspecified atom stereocenters. The van der Waals surface area contributed by atoms with Crippen LogP contribution in [0.4, 0.5) is 5.69 Å². The summed E-state index contributed by atoms with van der Waals surface area (Å²) in [7, 11) is 0. The minimum atomic E-state index is 0.0320. The molecule has 1 aromatic heterocycles. The van der Waals surface area contributed by atoms with E-state index < -0.39 is 0 Å². The highest BCUT2D eigenvalue weighted by atomic mass is 16.3. The topological polar surface area (TPSA) is 75.6 Å². The molecule has 3 rings (SSSR count). The van der Waals surface area contributed by atoms with Crippen molar-refractivity contribution in [3.63, 3.8) is 0 Å². The number of nitrogens with zero attached hydrogens (tertiary/aromatic N) is 3. The van der Waals surface area contributed by atoms with E-state index in [-0.39, 0.29) is 11.5 Å². The number of piperazine rings is 1. The first kappa shape index (κ1) is 15.3. The Morgan fingerprint density at radius 3 is 2.65 bits per heavy atom. The van der Waals surface area contributed by atoms with Crippen LogP contribution < -0.4 is 4.90 Å². The molecule has 120 valence electrons. The number of terminal acetylenes is 1. The second-order valence-corrected chi connectivity index (χ2v) is 5.75. The fourth-order valence-corrected chi connectivity index (χ4v) is 2.88. The monoisotopic (exact) mass is 312 g/mol. The van der Waals surface area contributed by atoms with Gasteiger partial charge in [0.2, 0.25) is 0 Å². The number of anilines is 1. The number of H-pyrrole nitrogens is 1. The SMILES string of the molecule is C#CCN1CCN(c2cn[nH]c2-c2cc(C)c(O)cc2O)CC1. The zero-order chi connectivity index (χ0) is 16.4. The molecule has 2 aromatic rings. The predicted octanol–water partition coefficient (Wildman–Crippen LogP) is 1.55. The highest BCUT2D eigenvalue weighted by Crippen LogP contribution is 2.38. The van der Waals surface area contributed by atoms with Crippen LogP contribution in [0.3, 0.4) is 0 Å². The summed E-state index contributed by atoms with van der Waals surface area (Å²) in [4.78, 5) is 4.46. The van der Waals surface area contributed by atoms with Crippen molar-refractivity contribution in [2.45, 2.75) is 6.92 Å². The van der Waals surface area contributed by atoms with Gasteiger partial charge < -0.3 is 15.1 Å². The molecule has 1 saturated heterocycles. The van der Waals surface area contributed by atoms with Crippen LogP contribution in [0.1, 0.15) is 5.56 Å². The summed E-state index contributed by atoms with van der Waals surface area (Å²) in [6.07, 6.45) is 7.13. The van der Waals surface area contributed by atoms with Gasteiger partial charge in [-0.05, 0) is 18.6 Å². The molecule has 23 heavy (non-hydrogen) atoms. The predicted molar refractivity (Wildman–Crippen MR) is 89.6 cm³/mol. The molecule has 6 heteroatoms. The quantitative estimate of drug-likeness (QED) is 0.750. The van der Waals surface area contributed by atoms with Crippen molar-refractivity contribution in [1.29, 1.82) is 0 Å². The van der Waals surface area contributed by atoms with Gasteiger partial charge in [-0.3, -0.25) is 10.00 Å². The van der Waals surface area contributed by atoms with E-state index in [0.717, 1.165) is 37.6 Å². The van der Waals surface area contributed by atoms with Crippen molar-refractivity contribution in [3.8, 4) is 35.1 Å². The van der Waals surface area contributed by atoms with Crippen molar-refractivity contribution in [1.82, 2.24) is 15.1 Å². The number of phenolic OH excluding ortho intramolecular Hbond substituents is 2. The second kappa shape index (κ2) is 6.23. The van der Waals surface area contributed by atoms with E-state index in [1.807, 2.05) is 0 Å². The average Bonchev–Trinajstić information content (AvgIpc) is 3.01. The number of aryl methyl sites for hydroxylation is 1. The van der Waals surface area contributed by atoms with Gasteiger partial charge in [-0.15, -0.1) is 6.42 Å². The molecule has 0 bridgehead atoms. The van der Waals surface area contributed by atoms with Crippen molar-refractivity contribution >= 4 is 5.69 Å². The first-order chi connectivity index (χ1) is 11.1. The molecule has 3 N–H and O–H groups in total. The number of rotatable bonds is 3. The molecular weight excluding hydrogens is 292 g/mol. The fraction of sp³-hybridized carbons (Fsp3) is 0.353. The van der Waals surface area contributed by atoms with Gasteiger partial charge in [-0.25, -0.2) is 0 Å². The molecule has 0 saturated carbocycles. The lowest BCUT2D eigenvalue weighted by Crippen LogP contribution is -2.46. The van der Waals surface area contributed by atoms with Gasteiger partial charge in [0, 0.05) is 37.8 Å². The van der Waals surface area contributed by atoms with E-state index >= 15 is 0 Å². The molecule has 1 aromatic carbocycles. The molecule has 2 heterocycles. The van der Waals surface area contributed by atoms with Crippen LogP contribution >= 0.6 is 0 Å². The fourth-order valence-electron chi connectivity index (χ4n) is 2.88. The Bertz CT molecular complexity index is 740. The van der Waals surface area contributed by atoms with Gasteiger partial charge in [-0.2, -0.15) is 5.10 Å². The molecule has 1 aliphatic rings. The molecule has 0 aliphatic carbocycles. The van der Waals surface area contributed by atoms with Gasteiger partial charge in [-0.1, -0.05) is 5.92 Å². The number of aromatic amines is 1. The Balaban J connectivity index is 1.87. The summed E-state index contributed by atoms with van der Waals surface area (Å²) in [6.45, 7) is 5.97. The summed E-state index contributed by atoms with van der Waals surface area (Å²) in [5.74, 6) is 2.79. The third-order valence-electron chi connectivity index (χ3n) is 4.23. The van der Waals surface area contributed by atoms with Gasteiger partial charge in [0.25, 0.3) is 0 Å². The minimum absolute atomic E-state index is 0.0320. The van der Waals surface area contributed by atoms with E-state index in [0.29, 0.717) is 17.7 Å². The van der Waals surface area contributed by atoms with Gasteiger partial charge in [0.15, 0.2) is 0 Å². The number of phenols is 2. The highest BCUT2D eigenvalue weighted by Gasteiger charge is 2.22. The summed E-state index contributed by atoms with van der Waals surface area (Å²) in [6, 6.07) is 3.12. The molecular formula is C17H20N4O2. The normalized spacial score (nSPS) is 15.6. The van der Waals surface area contributed by atoms with Crippen molar-refractivity contribution < 1.29 is 10.2 Å². The zero-order valence-electron chi connectivity index (χ0n) is 13.1. The number of aromatic nitrogens is 2. The Morgan fingerprint density at radius 1 is 1.22 bits per heavy atom. The lowest BCUT2D eigenvalue weighted by molar-refractivity contribution is 0.288. The first-order valence-corrected chi connectivity index (χ1v) is 7.57. The summed E-state index contributed by atoms with van der Waals surface area (Å²) >= 11 is 0. The largest absolute Gasteiger partial charge is 0.508 e. The first-order valence-electron chi connectivity index (χ1n) is 7.57. The molecule has 1 fully saturated rings. The van der Waals surface area contributed by atoms with Gasteiger partial charge in [0.05, 0.1) is 24.1 Å². The maximum Gasteiger partial charge on any atom is 0.128 e. The van der Waals surface area contributed by atoms with E-state index in [9.17, 15) is 10.2 Å². The standard InChI is InChI=1S/C17H20N4O2/c1-3-4-20-5-7-21(8-6-20)14-11-18-19-17(14)13-9-12(2)15(22)10-16(13)23/h1,9-11,22-23H,4-8H2,2H3,(H,18,19). The smallest absolute Gasteiger partial charge is 0.128 e. The lowest BCUT2D eigenvalue weighted by atomic mass is 10.1. The van der Waals surface area contributed by atoms with Crippen molar-refractivity contribution in [3.05, 3.63) is 23.9 Å². The Morgan fingerprint density at radius 2 is 1.96 bits per heavy atom. The maximum atomic E-state index is 10.2. The van der Waals surface area contributed by atoms with Crippen LogP contribution in [0, 0.1) is 19.3 Å². The van der Waals surface area contributed by atoms with Crippen LogP contribution in [0.25, 0.3) is 11.3 Å². The van der Waals surface area contributed by atoms with E-state index in [1.165, 1.54) is 6.07 Å². The van der Waals surface area contributed by atoms with E-state index in [2.05, 4.69) is 25.9 Å². The third kappa shape index (κ3) is 2.96. The van der Waals surface area contributed by atoms with E-state index in [1.54, 1.807) is 19.2 Å². The van der Waals surface area contributed by atoms with Crippen molar-refractivity contribution in [2.75, 3.05) is 37.6 Å². The minimum Gasteiger partial charge on any atom is -0.508 e. The molecule has 1 aliphatic heterocycles. The van der Waals surface area contributed by atoms with Crippen molar-refractivity contribution in [2.24, 2.45) is 0 Å². The highest BCUT2D eigenvalue weighted by molar-refractivity contribution is 5.80. The Labute approximate surface area is 135 Å². The van der Waals surface area contributed by atoms with Gasteiger partial charge >= 0.3 is 0 Å². The second-order valence-electron chi connectivity index (χ2n) is 5.75. The summed E-state index contributed by atoms with van der Waals surface area (Å²) < 4.78 is 0. The molecule has 6 nitrogen and oxygen atoms in total. The average molecular weight is 312 g/mol. The molecule has 0 amide bonds. The zero-order valence-corrected chi connectivity index (χ0v) is 13.1. The Kier molecular flexibility index (Phi) is 4.13. The number of hydrogen-bond donors (Lipinski definition) is 3. The maximum absolute atomic E-state index is 10.2. The van der Waals surface area contributed by atoms with Crippen LogP contribution in [0.5, 0.6) is 11.5 Å². The number of benzene rings is 1. The third-order valence-corrected chi connectivity index (χ3v) is 4.23. The number of hydrogen-bond acceptors (Lipinski definition) is 5. The van der Waals surface area contributed by atoms with Crippen LogP contribution in [-0.2, 0) is 0 Å². The molecule has 0 radical (unpaired) electrons. The van der Waals surface area contributed by atoms with Crippen LogP contribution in [0.2, 0.25) is 0 Å².